The third kappa shape index (κ3) is 4.08. The molecular formula is C16H13F3O3. The number of alkyl halides is 3. The Labute approximate surface area is 125 Å². The Morgan fingerprint density at radius 3 is 2.36 bits per heavy atom. The smallest absolute Gasteiger partial charge is 0.416 e. The average molecular weight is 310 g/mol. The van der Waals surface area contributed by atoms with Crippen molar-refractivity contribution in [2.75, 3.05) is 6.61 Å². The summed E-state index contributed by atoms with van der Waals surface area (Å²) in [7, 11) is 0. The van der Waals surface area contributed by atoms with Gasteiger partial charge >= 0.3 is 6.18 Å². The predicted molar refractivity (Wildman–Crippen MR) is 73.6 cm³/mol. The van der Waals surface area contributed by atoms with Crippen LogP contribution in [0.25, 0.3) is 0 Å². The van der Waals surface area contributed by atoms with Crippen LogP contribution in [-0.4, -0.2) is 17.5 Å². The summed E-state index contributed by atoms with van der Waals surface area (Å²) in [5.41, 5.74) is 0.172. The fourth-order valence-electron chi connectivity index (χ4n) is 1.81. The second kappa shape index (κ2) is 6.62. The first-order chi connectivity index (χ1) is 10.4. The molecule has 0 bridgehead atoms. The molecule has 0 fully saturated rings. The molecule has 0 radical (unpaired) electrons. The number of ether oxygens (including phenoxy) is 1. The van der Waals surface area contributed by atoms with Crippen LogP contribution in [0, 0.1) is 0 Å². The number of halogens is 3. The van der Waals surface area contributed by atoms with Gasteiger partial charge in [0.25, 0.3) is 0 Å². The summed E-state index contributed by atoms with van der Waals surface area (Å²) in [6, 6.07) is 10.9. The van der Waals surface area contributed by atoms with Crippen LogP contribution in [-0.2, 0) is 12.8 Å². The van der Waals surface area contributed by atoms with Crippen LogP contribution in [0.15, 0.2) is 48.5 Å². The molecule has 2 rings (SSSR count). The van der Waals surface area contributed by atoms with Crippen molar-refractivity contribution in [2.24, 2.45) is 0 Å². The summed E-state index contributed by atoms with van der Waals surface area (Å²) in [4.78, 5) is 11.4. The highest BCUT2D eigenvalue weighted by molar-refractivity contribution is 5.97. The zero-order valence-electron chi connectivity index (χ0n) is 11.4. The lowest BCUT2D eigenvalue weighted by molar-refractivity contribution is -0.137. The number of Topliss-reactive ketones (excluding diaryl/α,β-unsaturated/α-hetero) is 1. The van der Waals surface area contributed by atoms with Crippen LogP contribution in [0.5, 0.6) is 5.75 Å². The Bertz CT molecular complexity index is 648. The van der Waals surface area contributed by atoms with E-state index in [2.05, 4.69) is 0 Å². The minimum atomic E-state index is -4.36. The molecule has 1 N–H and O–H groups in total. The minimum absolute atomic E-state index is 0.0783. The molecule has 0 heterocycles. The first-order valence-corrected chi connectivity index (χ1v) is 6.43. The van der Waals surface area contributed by atoms with E-state index in [1.807, 2.05) is 0 Å². The summed E-state index contributed by atoms with van der Waals surface area (Å²) in [6.45, 7) is -0.517. The third-order valence-corrected chi connectivity index (χ3v) is 2.99. The molecule has 0 atom stereocenters. The van der Waals surface area contributed by atoms with Crippen molar-refractivity contribution in [2.45, 2.75) is 12.8 Å². The van der Waals surface area contributed by atoms with Gasteiger partial charge < -0.3 is 9.84 Å². The lowest BCUT2D eigenvalue weighted by atomic mass is 10.1. The second-order valence-corrected chi connectivity index (χ2v) is 4.59. The molecule has 3 nitrogen and oxygen atoms in total. The molecule has 0 aliphatic heterocycles. The molecule has 0 spiro atoms. The topological polar surface area (TPSA) is 46.5 Å². The summed E-state index contributed by atoms with van der Waals surface area (Å²) in [6.07, 6.45) is -4.36. The van der Waals surface area contributed by atoms with E-state index < -0.39 is 24.1 Å². The van der Waals surface area contributed by atoms with E-state index in [-0.39, 0.29) is 6.61 Å². The highest BCUT2D eigenvalue weighted by atomic mass is 19.4. The summed E-state index contributed by atoms with van der Waals surface area (Å²) in [5.74, 6) is -0.0285. The first kappa shape index (κ1) is 16.0. The number of carbonyl (C=O) groups excluding carboxylic acids is 1. The van der Waals surface area contributed by atoms with Crippen LogP contribution in [0.3, 0.4) is 0 Å². The van der Waals surface area contributed by atoms with Gasteiger partial charge in [0.1, 0.15) is 19.0 Å². The van der Waals surface area contributed by atoms with Crippen LogP contribution in [0.2, 0.25) is 0 Å². The standard InChI is InChI=1S/C16H13F3O3/c17-16(18,19)13-6-4-11(5-7-13)10-22-14-3-1-2-12(8-14)15(21)9-20/h1-8,20H,9-10H2. The van der Waals surface area contributed by atoms with Crippen molar-refractivity contribution in [1.82, 2.24) is 0 Å². The molecule has 0 saturated heterocycles. The summed E-state index contributed by atoms with van der Waals surface area (Å²) < 4.78 is 42.8. The van der Waals surface area contributed by atoms with E-state index >= 15 is 0 Å². The zero-order valence-corrected chi connectivity index (χ0v) is 11.4. The number of aliphatic hydroxyl groups excluding tert-OH is 1. The van der Waals surface area contributed by atoms with Crippen LogP contribution >= 0.6 is 0 Å². The maximum absolute atomic E-state index is 12.4. The van der Waals surface area contributed by atoms with Gasteiger partial charge in [-0.2, -0.15) is 13.2 Å². The molecule has 0 saturated carbocycles. The van der Waals surface area contributed by atoms with E-state index in [0.29, 0.717) is 16.9 Å². The van der Waals surface area contributed by atoms with Gasteiger partial charge in [0, 0.05) is 5.56 Å². The molecule has 0 unspecified atom stereocenters. The lowest BCUT2D eigenvalue weighted by Gasteiger charge is -2.09. The Morgan fingerprint density at radius 2 is 1.77 bits per heavy atom. The predicted octanol–water partition coefficient (Wildman–Crippen LogP) is 3.46. The van der Waals surface area contributed by atoms with E-state index in [9.17, 15) is 18.0 Å². The van der Waals surface area contributed by atoms with Crippen molar-refractivity contribution in [3.63, 3.8) is 0 Å². The minimum Gasteiger partial charge on any atom is -0.489 e. The second-order valence-electron chi connectivity index (χ2n) is 4.59. The quantitative estimate of drug-likeness (QED) is 0.860. The van der Waals surface area contributed by atoms with Gasteiger partial charge in [-0.25, -0.2) is 0 Å². The van der Waals surface area contributed by atoms with Gasteiger partial charge in [0.15, 0.2) is 5.78 Å². The first-order valence-electron chi connectivity index (χ1n) is 6.43. The molecule has 6 heteroatoms. The van der Waals surface area contributed by atoms with Gasteiger partial charge in [-0.15, -0.1) is 0 Å². The van der Waals surface area contributed by atoms with Crippen LogP contribution in [0.4, 0.5) is 13.2 Å². The fourth-order valence-corrected chi connectivity index (χ4v) is 1.81. The Balaban J connectivity index is 2.03. The maximum atomic E-state index is 12.4. The SMILES string of the molecule is O=C(CO)c1cccc(OCc2ccc(C(F)(F)F)cc2)c1. The Hall–Kier alpha value is -2.34. The van der Waals surface area contributed by atoms with Gasteiger partial charge in [-0.05, 0) is 29.8 Å². The Morgan fingerprint density at radius 1 is 1.09 bits per heavy atom. The Kier molecular flexibility index (Phi) is 4.82. The maximum Gasteiger partial charge on any atom is 0.416 e. The van der Waals surface area contributed by atoms with Crippen LogP contribution in [0.1, 0.15) is 21.5 Å². The van der Waals surface area contributed by atoms with Gasteiger partial charge in [-0.1, -0.05) is 24.3 Å². The van der Waals surface area contributed by atoms with E-state index in [1.54, 1.807) is 18.2 Å². The number of carbonyl (C=O) groups is 1. The highest BCUT2D eigenvalue weighted by Gasteiger charge is 2.29. The molecule has 0 aliphatic carbocycles. The van der Waals surface area contributed by atoms with Gasteiger partial charge in [0.05, 0.1) is 5.56 Å². The number of rotatable bonds is 5. The number of ketones is 1. The van der Waals surface area contributed by atoms with E-state index in [4.69, 9.17) is 9.84 Å². The highest BCUT2D eigenvalue weighted by Crippen LogP contribution is 2.29. The third-order valence-electron chi connectivity index (χ3n) is 2.99. The molecule has 0 aliphatic rings. The molecular weight excluding hydrogens is 297 g/mol. The molecule has 116 valence electrons. The van der Waals surface area contributed by atoms with Gasteiger partial charge in [0.2, 0.25) is 0 Å². The molecule has 0 aromatic heterocycles. The van der Waals surface area contributed by atoms with Crippen molar-refractivity contribution >= 4 is 5.78 Å². The number of hydrogen-bond donors (Lipinski definition) is 1. The summed E-state index contributed by atoms with van der Waals surface area (Å²) >= 11 is 0. The monoisotopic (exact) mass is 310 g/mol. The normalized spacial score (nSPS) is 11.3. The zero-order chi connectivity index (χ0) is 16.2. The lowest BCUT2D eigenvalue weighted by Crippen LogP contribution is -2.06. The molecule has 22 heavy (non-hydrogen) atoms. The molecule has 0 amide bonds. The average Bonchev–Trinajstić information content (AvgIpc) is 2.52. The van der Waals surface area contributed by atoms with Crippen molar-refractivity contribution in [1.29, 1.82) is 0 Å². The van der Waals surface area contributed by atoms with Crippen molar-refractivity contribution < 1.29 is 27.8 Å². The number of benzene rings is 2. The van der Waals surface area contributed by atoms with Crippen molar-refractivity contribution in [3.05, 3.63) is 65.2 Å². The fraction of sp³-hybridized carbons (Fsp3) is 0.188. The van der Waals surface area contributed by atoms with Crippen LogP contribution < -0.4 is 4.74 Å². The molecule has 2 aromatic carbocycles. The summed E-state index contributed by atoms with van der Waals surface area (Å²) in [5, 5.41) is 8.80. The van der Waals surface area contributed by atoms with E-state index in [1.165, 1.54) is 18.2 Å². The largest absolute Gasteiger partial charge is 0.489 e. The van der Waals surface area contributed by atoms with E-state index in [0.717, 1.165) is 12.1 Å². The van der Waals surface area contributed by atoms with Gasteiger partial charge in [-0.3, -0.25) is 4.79 Å². The van der Waals surface area contributed by atoms with Crippen molar-refractivity contribution in [3.8, 4) is 5.75 Å². The number of aliphatic hydroxyl groups is 1. The molecule has 2 aromatic rings. The number of hydrogen-bond acceptors (Lipinski definition) is 3.